The van der Waals surface area contributed by atoms with E-state index in [0.717, 1.165) is 24.9 Å². The van der Waals surface area contributed by atoms with E-state index < -0.39 is 0 Å². The molecule has 3 rings (SSSR count). The zero-order valence-electron chi connectivity index (χ0n) is 11.1. The molecule has 1 aromatic heterocycles. The van der Waals surface area contributed by atoms with E-state index in [1.54, 1.807) is 0 Å². The third kappa shape index (κ3) is 3.07. The predicted octanol–water partition coefficient (Wildman–Crippen LogP) is 5.72. The summed E-state index contributed by atoms with van der Waals surface area (Å²) in [5.74, 6) is -0.167. The van der Waals surface area contributed by atoms with Gasteiger partial charge in [-0.25, -0.2) is 0 Å². The fourth-order valence-electron chi connectivity index (χ4n) is 2.04. The Labute approximate surface area is 145 Å². The normalized spacial score (nSPS) is 10.8. The summed E-state index contributed by atoms with van der Waals surface area (Å²) >= 11 is 9.99. The van der Waals surface area contributed by atoms with Gasteiger partial charge >= 0.3 is 0 Å². The molecule has 0 aliphatic heterocycles. The molecule has 21 heavy (non-hydrogen) atoms. The molecule has 0 unspecified atom stereocenters. The number of hydrogen-bond acceptors (Lipinski definition) is 2. The molecule has 0 aliphatic carbocycles. The van der Waals surface area contributed by atoms with E-state index >= 15 is 0 Å². The second-order valence-corrected chi connectivity index (χ2v) is 7.38. The Balaban J connectivity index is 1.94. The summed E-state index contributed by atoms with van der Waals surface area (Å²) in [4.78, 5) is 12.9. The minimum Gasteiger partial charge on any atom is -0.321 e. The summed E-state index contributed by atoms with van der Waals surface area (Å²) in [5.41, 5.74) is 1.93. The van der Waals surface area contributed by atoms with Crippen molar-refractivity contribution < 1.29 is 4.79 Å². The fraction of sp³-hybridized carbons (Fsp3) is 0.0625. The number of aryl methyl sites for hydroxylation is 1. The van der Waals surface area contributed by atoms with Gasteiger partial charge in [-0.1, -0.05) is 23.7 Å². The highest BCUT2D eigenvalue weighted by Gasteiger charge is 2.17. The van der Waals surface area contributed by atoms with Gasteiger partial charge < -0.3 is 5.32 Å². The summed E-state index contributed by atoms with van der Waals surface area (Å²) in [7, 11) is 0. The maximum Gasteiger partial charge on any atom is 0.267 e. The molecule has 106 valence electrons. The van der Waals surface area contributed by atoms with Gasteiger partial charge in [0.05, 0.1) is 5.02 Å². The van der Waals surface area contributed by atoms with Crippen LogP contribution in [0.1, 0.15) is 15.2 Å². The molecule has 0 bridgehead atoms. The summed E-state index contributed by atoms with van der Waals surface area (Å²) in [6, 6.07) is 13.7. The number of anilines is 1. The van der Waals surface area contributed by atoms with Crippen LogP contribution in [0.2, 0.25) is 5.02 Å². The maximum atomic E-state index is 12.4. The molecule has 0 atom stereocenters. The van der Waals surface area contributed by atoms with Crippen molar-refractivity contribution in [2.75, 3.05) is 5.32 Å². The molecule has 0 aliphatic rings. The standard InChI is InChI=1S/C16H11ClINOS/c1-9-2-7-12-13(8-9)21-15(14(12)17)16(20)19-11-5-3-10(18)4-6-11/h2-8H,1H3,(H,19,20). The number of fused-ring (bicyclic) bond motifs is 1. The first-order valence-corrected chi connectivity index (χ1v) is 8.57. The molecular formula is C16H11ClINOS. The van der Waals surface area contributed by atoms with Crippen LogP contribution in [-0.4, -0.2) is 5.91 Å². The molecule has 1 heterocycles. The second-order valence-electron chi connectivity index (χ2n) is 4.71. The van der Waals surface area contributed by atoms with Crippen molar-refractivity contribution >= 4 is 67.2 Å². The highest BCUT2D eigenvalue weighted by molar-refractivity contribution is 14.1. The second kappa shape index (κ2) is 5.94. The predicted molar refractivity (Wildman–Crippen MR) is 98.7 cm³/mol. The fourth-order valence-corrected chi connectivity index (χ4v) is 3.91. The number of carbonyl (C=O) groups excluding carboxylic acids is 1. The van der Waals surface area contributed by atoms with Gasteiger partial charge in [0.15, 0.2) is 0 Å². The van der Waals surface area contributed by atoms with E-state index in [1.807, 2.05) is 49.4 Å². The highest BCUT2D eigenvalue weighted by Crippen LogP contribution is 2.36. The average molecular weight is 428 g/mol. The van der Waals surface area contributed by atoms with Crippen LogP contribution < -0.4 is 5.32 Å². The molecular weight excluding hydrogens is 417 g/mol. The van der Waals surface area contributed by atoms with Crippen LogP contribution in [-0.2, 0) is 0 Å². The van der Waals surface area contributed by atoms with Crippen LogP contribution in [0.4, 0.5) is 5.69 Å². The Hall–Kier alpha value is -1.11. The van der Waals surface area contributed by atoms with Crippen LogP contribution in [0.25, 0.3) is 10.1 Å². The molecule has 0 fully saturated rings. The van der Waals surface area contributed by atoms with Gasteiger partial charge in [0, 0.05) is 19.3 Å². The van der Waals surface area contributed by atoms with Crippen molar-refractivity contribution in [1.29, 1.82) is 0 Å². The number of benzene rings is 2. The van der Waals surface area contributed by atoms with Crippen LogP contribution in [0, 0.1) is 10.5 Å². The summed E-state index contributed by atoms with van der Waals surface area (Å²) in [6.45, 7) is 2.03. The van der Waals surface area contributed by atoms with Gasteiger partial charge in [-0.2, -0.15) is 0 Å². The van der Waals surface area contributed by atoms with Crippen molar-refractivity contribution in [1.82, 2.24) is 0 Å². The number of thiophene rings is 1. The van der Waals surface area contributed by atoms with Crippen molar-refractivity contribution in [3.8, 4) is 0 Å². The zero-order chi connectivity index (χ0) is 15.0. The number of amides is 1. The quantitative estimate of drug-likeness (QED) is 0.521. The molecule has 1 amide bonds. The van der Waals surface area contributed by atoms with Crippen LogP contribution in [0.5, 0.6) is 0 Å². The lowest BCUT2D eigenvalue weighted by Crippen LogP contribution is -2.10. The molecule has 5 heteroatoms. The number of rotatable bonds is 2. The van der Waals surface area contributed by atoms with Crippen molar-refractivity contribution in [2.45, 2.75) is 6.92 Å². The molecule has 2 aromatic carbocycles. The van der Waals surface area contributed by atoms with Crippen molar-refractivity contribution in [2.24, 2.45) is 0 Å². The van der Waals surface area contributed by atoms with Crippen molar-refractivity contribution in [3.05, 3.63) is 61.5 Å². The van der Waals surface area contributed by atoms with Crippen molar-refractivity contribution in [3.63, 3.8) is 0 Å². The maximum absolute atomic E-state index is 12.4. The molecule has 0 saturated heterocycles. The summed E-state index contributed by atoms with van der Waals surface area (Å²) in [6.07, 6.45) is 0. The van der Waals surface area contributed by atoms with Crippen LogP contribution >= 0.6 is 45.5 Å². The largest absolute Gasteiger partial charge is 0.321 e. The van der Waals surface area contributed by atoms with Gasteiger partial charge in [-0.3, -0.25) is 4.79 Å². The third-order valence-electron chi connectivity index (χ3n) is 3.09. The van der Waals surface area contributed by atoms with E-state index in [-0.39, 0.29) is 5.91 Å². The first-order valence-electron chi connectivity index (χ1n) is 6.30. The van der Waals surface area contributed by atoms with E-state index in [9.17, 15) is 4.79 Å². The number of halogens is 2. The Morgan fingerprint density at radius 2 is 1.90 bits per heavy atom. The molecule has 3 aromatic rings. The lowest BCUT2D eigenvalue weighted by Gasteiger charge is -2.03. The van der Waals surface area contributed by atoms with Gasteiger partial charge in [0.1, 0.15) is 4.88 Å². The summed E-state index contributed by atoms with van der Waals surface area (Å²) in [5, 5.41) is 4.34. The monoisotopic (exact) mass is 427 g/mol. The Morgan fingerprint density at radius 1 is 1.19 bits per heavy atom. The number of nitrogens with one attached hydrogen (secondary N) is 1. The molecule has 1 N–H and O–H groups in total. The van der Waals surface area contributed by atoms with Gasteiger partial charge in [-0.15, -0.1) is 11.3 Å². The third-order valence-corrected chi connectivity index (χ3v) is 5.47. The first-order chi connectivity index (χ1) is 10.0. The molecule has 0 spiro atoms. The Bertz CT molecular complexity index is 826. The minimum atomic E-state index is -0.167. The number of hydrogen-bond donors (Lipinski definition) is 1. The lowest BCUT2D eigenvalue weighted by atomic mass is 10.2. The molecule has 0 saturated carbocycles. The SMILES string of the molecule is Cc1ccc2c(Cl)c(C(=O)Nc3ccc(I)cc3)sc2c1. The zero-order valence-corrected chi connectivity index (χ0v) is 14.8. The van der Waals surface area contributed by atoms with E-state index in [2.05, 4.69) is 27.9 Å². The van der Waals surface area contributed by atoms with Crippen LogP contribution in [0.3, 0.4) is 0 Å². The topological polar surface area (TPSA) is 29.1 Å². The van der Waals surface area contributed by atoms with E-state index in [0.29, 0.717) is 9.90 Å². The Morgan fingerprint density at radius 3 is 2.62 bits per heavy atom. The minimum absolute atomic E-state index is 0.167. The van der Waals surface area contributed by atoms with E-state index in [4.69, 9.17) is 11.6 Å². The smallest absolute Gasteiger partial charge is 0.267 e. The lowest BCUT2D eigenvalue weighted by molar-refractivity contribution is 0.103. The average Bonchev–Trinajstić information content (AvgIpc) is 2.78. The molecule has 0 radical (unpaired) electrons. The number of carbonyl (C=O) groups is 1. The highest BCUT2D eigenvalue weighted by atomic mass is 127. The van der Waals surface area contributed by atoms with Gasteiger partial charge in [-0.05, 0) is 65.4 Å². The summed E-state index contributed by atoms with van der Waals surface area (Å²) < 4.78 is 2.16. The van der Waals surface area contributed by atoms with Gasteiger partial charge in [0.25, 0.3) is 5.91 Å². The molecule has 2 nitrogen and oxygen atoms in total. The first kappa shape index (κ1) is 14.8. The van der Waals surface area contributed by atoms with Crippen LogP contribution in [0.15, 0.2) is 42.5 Å². The van der Waals surface area contributed by atoms with Gasteiger partial charge in [0.2, 0.25) is 0 Å². The van der Waals surface area contributed by atoms with E-state index in [1.165, 1.54) is 11.3 Å². The Kier molecular flexibility index (Phi) is 4.19.